The number of hydrogen-bond donors (Lipinski definition) is 1. The standard InChI is InChI=1S/C15H21N5O2/c1-10-4-7-13(22-10)8-20(12-5-6-12)15(21)17-11(2)14-18-16-9-19(14)3/h4,7,9,11-12H,5-6,8H2,1-3H3,(H,17,21)/t11-/m0/s1. The van der Waals surface area contributed by atoms with Crippen molar-refractivity contribution >= 4 is 6.03 Å². The Bertz CT molecular complexity index is 658. The van der Waals surface area contributed by atoms with Gasteiger partial charge < -0.3 is 19.2 Å². The molecule has 0 saturated heterocycles. The molecule has 1 atom stereocenters. The van der Waals surface area contributed by atoms with Gasteiger partial charge in [-0.25, -0.2) is 4.79 Å². The fourth-order valence-electron chi connectivity index (χ4n) is 2.51. The van der Waals surface area contributed by atoms with Crippen LogP contribution in [0.5, 0.6) is 0 Å². The van der Waals surface area contributed by atoms with E-state index in [1.165, 1.54) is 0 Å². The summed E-state index contributed by atoms with van der Waals surface area (Å²) in [5, 5.41) is 10.9. The first-order valence-electron chi connectivity index (χ1n) is 7.51. The molecular formula is C15H21N5O2. The first kappa shape index (κ1) is 14.6. The molecule has 0 aliphatic heterocycles. The van der Waals surface area contributed by atoms with Gasteiger partial charge in [0, 0.05) is 13.1 Å². The van der Waals surface area contributed by atoms with Crippen molar-refractivity contribution in [1.29, 1.82) is 0 Å². The van der Waals surface area contributed by atoms with Crippen LogP contribution in [0, 0.1) is 6.92 Å². The summed E-state index contributed by atoms with van der Waals surface area (Å²) < 4.78 is 7.40. The van der Waals surface area contributed by atoms with Gasteiger partial charge in [0.2, 0.25) is 0 Å². The van der Waals surface area contributed by atoms with Crippen LogP contribution >= 0.6 is 0 Å². The Labute approximate surface area is 129 Å². The van der Waals surface area contributed by atoms with Crippen molar-refractivity contribution in [1.82, 2.24) is 25.0 Å². The minimum atomic E-state index is -0.195. The molecule has 2 amide bonds. The van der Waals surface area contributed by atoms with Gasteiger partial charge in [0.25, 0.3) is 0 Å². The Morgan fingerprint density at radius 1 is 1.55 bits per heavy atom. The predicted octanol–water partition coefficient (Wildman–Crippen LogP) is 2.15. The van der Waals surface area contributed by atoms with Crippen molar-refractivity contribution in [3.63, 3.8) is 0 Å². The van der Waals surface area contributed by atoms with E-state index in [0.717, 1.165) is 30.2 Å². The highest BCUT2D eigenvalue weighted by atomic mass is 16.3. The molecule has 7 nitrogen and oxygen atoms in total. The number of aromatic nitrogens is 3. The number of nitrogens with one attached hydrogen (secondary N) is 1. The van der Waals surface area contributed by atoms with E-state index < -0.39 is 0 Å². The lowest BCUT2D eigenvalue weighted by Gasteiger charge is -2.24. The number of amides is 2. The molecule has 2 aromatic heterocycles. The zero-order valence-corrected chi connectivity index (χ0v) is 13.1. The molecule has 2 heterocycles. The van der Waals surface area contributed by atoms with Crippen molar-refractivity contribution in [3.05, 3.63) is 35.8 Å². The Balaban J connectivity index is 1.66. The molecule has 1 fully saturated rings. The molecule has 1 aliphatic carbocycles. The topological polar surface area (TPSA) is 76.2 Å². The molecule has 3 rings (SSSR count). The molecule has 0 spiro atoms. The smallest absolute Gasteiger partial charge is 0.318 e. The van der Waals surface area contributed by atoms with E-state index in [2.05, 4.69) is 15.5 Å². The van der Waals surface area contributed by atoms with E-state index in [1.54, 1.807) is 6.33 Å². The molecule has 118 valence electrons. The lowest BCUT2D eigenvalue weighted by atomic mass is 10.3. The van der Waals surface area contributed by atoms with Gasteiger partial charge in [0.1, 0.15) is 17.8 Å². The second kappa shape index (κ2) is 5.82. The van der Waals surface area contributed by atoms with Crippen LogP contribution < -0.4 is 5.32 Å². The zero-order valence-electron chi connectivity index (χ0n) is 13.1. The maximum Gasteiger partial charge on any atom is 0.318 e. The van der Waals surface area contributed by atoms with Gasteiger partial charge in [-0.15, -0.1) is 10.2 Å². The normalized spacial score (nSPS) is 15.6. The molecule has 0 radical (unpaired) electrons. The third-order valence-electron chi connectivity index (χ3n) is 3.84. The maximum absolute atomic E-state index is 12.6. The van der Waals surface area contributed by atoms with Crippen molar-refractivity contribution in [2.45, 2.75) is 45.3 Å². The van der Waals surface area contributed by atoms with Gasteiger partial charge in [-0.05, 0) is 38.8 Å². The SMILES string of the molecule is Cc1ccc(CN(C(=O)N[C@@H](C)c2nncn2C)C2CC2)o1. The number of carbonyl (C=O) groups is 1. The number of furan rings is 1. The molecule has 7 heteroatoms. The number of carbonyl (C=O) groups excluding carboxylic acids is 1. The van der Waals surface area contributed by atoms with Gasteiger partial charge in [0.15, 0.2) is 5.82 Å². The highest BCUT2D eigenvalue weighted by molar-refractivity contribution is 5.75. The monoisotopic (exact) mass is 303 g/mol. The van der Waals surface area contributed by atoms with Crippen LogP contribution in [-0.2, 0) is 13.6 Å². The lowest BCUT2D eigenvalue weighted by molar-refractivity contribution is 0.183. The fourth-order valence-corrected chi connectivity index (χ4v) is 2.51. The Morgan fingerprint density at radius 2 is 2.32 bits per heavy atom. The van der Waals surface area contributed by atoms with E-state index >= 15 is 0 Å². The summed E-state index contributed by atoms with van der Waals surface area (Å²) in [5.74, 6) is 2.41. The minimum absolute atomic E-state index is 0.0907. The van der Waals surface area contributed by atoms with Crippen LogP contribution in [0.25, 0.3) is 0 Å². The molecule has 1 saturated carbocycles. The van der Waals surface area contributed by atoms with Crippen molar-refractivity contribution in [2.24, 2.45) is 7.05 Å². The van der Waals surface area contributed by atoms with Crippen molar-refractivity contribution in [3.8, 4) is 0 Å². The summed E-state index contributed by atoms with van der Waals surface area (Å²) in [4.78, 5) is 14.4. The molecule has 1 aliphatic rings. The van der Waals surface area contributed by atoms with Gasteiger partial charge in [-0.1, -0.05) is 0 Å². The number of rotatable bonds is 5. The first-order chi connectivity index (χ1) is 10.5. The van der Waals surface area contributed by atoms with Crippen LogP contribution in [-0.4, -0.2) is 31.7 Å². The summed E-state index contributed by atoms with van der Waals surface area (Å²) in [6, 6.07) is 3.86. The third-order valence-corrected chi connectivity index (χ3v) is 3.84. The van der Waals surface area contributed by atoms with Crippen LogP contribution in [0.2, 0.25) is 0 Å². The summed E-state index contributed by atoms with van der Waals surface area (Å²) in [7, 11) is 1.86. The Morgan fingerprint density at radius 3 is 2.86 bits per heavy atom. The van der Waals surface area contributed by atoms with Crippen LogP contribution in [0.15, 0.2) is 22.9 Å². The van der Waals surface area contributed by atoms with E-state index in [4.69, 9.17) is 4.42 Å². The predicted molar refractivity (Wildman–Crippen MR) is 80.0 cm³/mol. The summed E-state index contributed by atoms with van der Waals surface area (Å²) >= 11 is 0. The first-order valence-corrected chi connectivity index (χ1v) is 7.51. The quantitative estimate of drug-likeness (QED) is 0.918. The van der Waals surface area contributed by atoms with Crippen LogP contribution in [0.1, 0.15) is 43.2 Å². The summed E-state index contributed by atoms with van der Waals surface area (Å²) in [6.07, 6.45) is 3.72. The van der Waals surface area contributed by atoms with E-state index in [9.17, 15) is 4.79 Å². The number of aryl methyl sites for hydroxylation is 2. The highest BCUT2D eigenvalue weighted by Gasteiger charge is 2.34. The summed E-state index contributed by atoms with van der Waals surface area (Å²) in [5.41, 5.74) is 0. The van der Waals surface area contributed by atoms with E-state index in [-0.39, 0.29) is 12.1 Å². The lowest BCUT2D eigenvalue weighted by Crippen LogP contribution is -2.42. The number of nitrogens with zero attached hydrogens (tertiary/aromatic N) is 4. The van der Waals surface area contributed by atoms with Gasteiger partial charge in [0.05, 0.1) is 12.6 Å². The molecule has 2 aromatic rings. The van der Waals surface area contributed by atoms with E-state index in [1.807, 2.05) is 42.5 Å². The number of hydrogen-bond acceptors (Lipinski definition) is 4. The third kappa shape index (κ3) is 3.13. The van der Waals surface area contributed by atoms with Gasteiger partial charge in [-0.3, -0.25) is 0 Å². The second-order valence-electron chi connectivity index (χ2n) is 5.84. The Hall–Kier alpha value is -2.31. The minimum Gasteiger partial charge on any atom is -0.464 e. The molecule has 0 bridgehead atoms. The Kier molecular flexibility index (Phi) is 3.87. The summed E-state index contributed by atoms with van der Waals surface area (Å²) in [6.45, 7) is 4.31. The number of urea groups is 1. The molecule has 0 unspecified atom stereocenters. The largest absolute Gasteiger partial charge is 0.464 e. The van der Waals surface area contributed by atoms with Crippen LogP contribution in [0.3, 0.4) is 0 Å². The average Bonchev–Trinajstić information content (AvgIpc) is 3.09. The highest BCUT2D eigenvalue weighted by Crippen LogP contribution is 2.29. The van der Waals surface area contributed by atoms with Crippen molar-refractivity contribution < 1.29 is 9.21 Å². The van der Waals surface area contributed by atoms with Crippen LogP contribution in [0.4, 0.5) is 4.79 Å². The van der Waals surface area contributed by atoms with E-state index in [0.29, 0.717) is 12.6 Å². The van der Waals surface area contributed by atoms with Gasteiger partial charge >= 0.3 is 6.03 Å². The molecule has 1 N–H and O–H groups in total. The molecular weight excluding hydrogens is 282 g/mol. The van der Waals surface area contributed by atoms with Gasteiger partial charge in [-0.2, -0.15) is 0 Å². The second-order valence-corrected chi connectivity index (χ2v) is 5.84. The average molecular weight is 303 g/mol. The fraction of sp³-hybridized carbons (Fsp3) is 0.533. The van der Waals surface area contributed by atoms with Crippen molar-refractivity contribution in [2.75, 3.05) is 0 Å². The molecule has 22 heavy (non-hydrogen) atoms. The zero-order chi connectivity index (χ0) is 15.7. The molecule has 0 aromatic carbocycles. The maximum atomic E-state index is 12.6.